The first kappa shape index (κ1) is 22.9. The fourth-order valence-electron chi connectivity index (χ4n) is 4.79. The molecule has 2 aliphatic heterocycles. The predicted octanol–water partition coefficient (Wildman–Crippen LogP) is 4.15. The Labute approximate surface area is 205 Å². The molecule has 0 aliphatic carbocycles. The van der Waals surface area contributed by atoms with Crippen molar-refractivity contribution in [2.75, 3.05) is 43.1 Å². The Morgan fingerprint density at radius 3 is 2.51 bits per heavy atom. The number of ether oxygens (including phenoxy) is 1. The van der Waals surface area contributed by atoms with Gasteiger partial charge in [0.15, 0.2) is 0 Å². The van der Waals surface area contributed by atoms with E-state index in [2.05, 4.69) is 58.4 Å². The molecule has 0 unspecified atom stereocenters. The smallest absolute Gasteiger partial charge is 0.268 e. The van der Waals surface area contributed by atoms with Gasteiger partial charge in [0, 0.05) is 48.7 Å². The maximum absolute atomic E-state index is 12.9. The number of rotatable bonds is 4. The Morgan fingerprint density at radius 2 is 1.80 bits per heavy atom. The number of morpholine rings is 1. The van der Waals surface area contributed by atoms with Gasteiger partial charge >= 0.3 is 0 Å². The van der Waals surface area contributed by atoms with Crippen molar-refractivity contribution < 1.29 is 9.53 Å². The number of fused-ring (bicyclic) bond motifs is 1. The first-order valence-electron chi connectivity index (χ1n) is 11.9. The lowest BCUT2D eigenvalue weighted by atomic mass is 9.97. The number of nitrogens with zero attached hydrogens (tertiary/aromatic N) is 4. The second kappa shape index (κ2) is 9.76. The van der Waals surface area contributed by atoms with Crippen LogP contribution in [0.2, 0.25) is 0 Å². The molecule has 1 fully saturated rings. The Kier molecular flexibility index (Phi) is 6.37. The van der Waals surface area contributed by atoms with Crippen molar-refractivity contribution in [3.63, 3.8) is 0 Å². The van der Waals surface area contributed by atoms with E-state index < -0.39 is 0 Å². The van der Waals surface area contributed by atoms with Crippen LogP contribution in [0.1, 0.15) is 21.6 Å². The zero-order valence-electron chi connectivity index (χ0n) is 20.2. The van der Waals surface area contributed by atoms with Crippen molar-refractivity contribution in [2.24, 2.45) is 9.98 Å². The second-order valence-corrected chi connectivity index (χ2v) is 8.76. The van der Waals surface area contributed by atoms with Crippen LogP contribution in [-0.4, -0.2) is 56.0 Å². The van der Waals surface area contributed by atoms with Gasteiger partial charge in [-0.25, -0.2) is 4.99 Å². The lowest BCUT2D eigenvalue weighted by molar-refractivity contribution is 0.0929. The highest BCUT2D eigenvalue weighted by Crippen LogP contribution is 2.39. The number of aliphatic imine (C=N–C) groups is 2. The van der Waals surface area contributed by atoms with Gasteiger partial charge in [-0.15, -0.1) is 0 Å². The van der Waals surface area contributed by atoms with Crippen LogP contribution in [0.3, 0.4) is 0 Å². The summed E-state index contributed by atoms with van der Waals surface area (Å²) in [5.41, 5.74) is 6.67. The summed E-state index contributed by atoms with van der Waals surface area (Å²) in [6.45, 7) is 12.3. The maximum atomic E-state index is 12.9. The number of hydrogen-bond acceptors (Lipinski definition) is 4. The van der Waals surface area contributed by atoms with Crippen LogP contribution >= 0.6 is 0 Å². The first-order valence-corrected chi connectivity index (χ1v) is 11.9. The van der Waals surface area contributed by atoms with E-state index in [1.54, 1.807) is 0 Å². The van der Waals surface area contributed by atoms with Gasteiger partial charge in [0.05, 0.1) is 13.2 Å². The molecule has 0 saturated carbocycles. The van der Waals surface area contributed by atoms with Gasteiger partial charge in [-0.1, -0.05) is 24.3 Å². The van der Waals surface area contributed by atoms with E-state index in [0.29, 0.717) is 30.6 Å². The minimum Gasteiger partial charge on any atom is -0.378 e. The number of hydrogen-bond donors (Lipinski definition) is 2. The van der Waals surface area contributed by atoms with Crippen molar-refractivity contribution in [3.8, 4) is 11.1 Å². The van der Waals surface area contributed by atoms with Crippen LogP contribution in [0.15, 0.2) is 58.5 Å². The highest BCUT2D eigenvalue weighted by molar-refractivity contribution is 6.04. The van der Waals surface area contributed by atoms with E-state index in [-0.39, 0.29) is 5.91 Å². The lowest BCUT2D eigenvalue weighted by Gasteiger charge is -2.28. The summed E-state index contributed by atoms with van der Waals surface area (Å²) in [5.74, 6) is 1.02. The SMILES string of the molecule is C=N/C(=N\c1c(C)c(-c2ccccc2C)c2n1CCNC2=O)Nc1ccc(N2CCOCC2)cc1. The second-order valence-electron chi connectivity index (χ2n) is 8.76. The fourth-order valence-corrected chi connectivity index (χ4v) is 4.79. The molecule has 0 radical (unpaired) electrons. The van der Waals surface area contributed by atoms with E-state index in [0.717, 1.165) is 59.9 Å². The van der Waals surface area contributed by atoms with E-state index >= 15 is 0 Å². The van der Waals surface area contributed by atoms with Gasteiger partial charge in [-0.05, 0) is 56.0 Å². The molecule has 180 valence electrons. The number of anilines is 2. The Hall–Kier alpha value is -3.91. The largest absolute Gasteiger partial charge is 0.378 e. The molecule has 8 nitrogen and oxygen atoms in total. The summed E-state index contributed by atoms with van der Waals surface area (Å²) in [7, 11) is 0. The molecular weight excluding hydrogens is 440 g/mol. The molecule has 8 heteroatoms. The monoisotopic (exact) mass is 470 g/mol. The van der Waals surface area contributed by atoms with Crippen LogP contribution in [0.4, 0.5) is 17.2 Å². The average Bonchev–Trinajstić information content (AvgIpc) is 3.17. The normalized spacial score (nSPS) is 16.0. The molecular formula is C27H30N6O2. The minimum absolute atomic E-state index is 0.0844. The van der Waals surface area contributed by atoms with E-state index in [4.69, 9.17) is 9.73 Å². The molecule has 2 N–H and O–H groups in total. The Morgan fingerprint density at radius 1 is 1.06 bits per heavy atom. The summed E-state index contributed by atoms with van der Waals surface area (Å²) in [4.78, 5) is 24.2. The van der Waals surface area contributed by atoms with Crippen molar-refractivity contribution in [1.29, 1.82) is 0 Å². The summed E-state index contributed by atoms with van der Waals surface area (Å²) in [6.07, 6.45) is 0. The highest BCUT2D eigenvalue weighted by atomic mass is 16.5. The van der Waals surface area contributed by atoms with Crippen LogP contribution in [0.25, 0.3) is 11.1 Å². The topological polar surface area (TPSA) is 83.2 Å². The molecule has 2 aromatic carbocycles. The number of aromatic nitrogens is 1. The lowest BCUT2D eigenvalue weighted by Crippen LogP contribution is -2.36. The Balaban J connectivity index is 1.49. The summed E-state index contributed by atoms with van der Waals surface area (Å²) in [6, 6.07) is 16.3. The molecule has 0 bridgehead atoms. The third kappa shape index (κ3) is 4.44. The molecule has 1 aromatic heterocycles. The molecule has 35 heavy (non-hydrogen) atoms. The summed E-state index contributed by atoms with van der Waals surface area (Å²) in [5, 5.41) is 6.25. The van der Waals surface area contributed by atoms with Gasteiger partial charge in [0.2, 0.25) is 5.96 Å². The molecule has 1 saturated heterocycles. The number of benzene rings is 2. The quantitative estimate of drug-likeness (QED) is 0.443. The molecule has 3 heterocycles. The highest BCUT2D eigenvalue weighted by Gasteiger charge is 2.29. The van der Waals surface area contributed by atoms with Gasteiger partial charge in [0.1, 0.15) is 11.5 Å². The van der Waals surface area contributed by atoms with Gasteiger partial charge in [-0.2, -0.15) is 4.99 Å². The molecule has 0 spiro atoms. The van der Waals surface area contributed by atoms with E-state index in [9.17, 15) is 4.79 Å². The van der Waals surface area contributed by atoms with Gasteiger partial charge in [-0.3, -0.25) is 4.79 Å². The zero-order valence-corrected chi connectivity index (χ0v) is 20.2. The maximum Gasteiger partial charge on any atom is 0.268 e. The number of carbonyl (C=O) groups excluding carboxylic acids is 1. The molecule has 0 atom stereocenters. The molecule has 5 rings (SSSR count). The van der Waals surface area contributed by atoms with Gasteiger partial charge < -0.3 is 24.8 Å². The first-order chi connectivity index (χ1) is 17.1. The minimum atomic E-state index is -0.0844. The predicted molar refractivity (Wildman–Crippen MR) is 141 cm³/mol. The molecule has 2 aliphatic rings. The fraction of sp³-hybridized carbons (Fsp3) is 0.296. The number of aryl methyl sites for hydroxylation is 1. The van der Waals surface area contributed by atoms with Crippen LogP contribution in [0, 0.1) is 13.8 Å². The molecule has 1 amide bonds. The van der Waals surface area contributed by atoms with E-state index in [1.807, 2.05) is 35.8 Å². The summed E-state index contributed by atoms with van der Waals surface area (Å²) < 4.78 is 7.44. The van der Waals surface area contributed by atoms with Crippen molar-refractivity contribution in [1.82, 2.24) is 9.88 Å². The van der Waals surface area contributed by atoms with Crippen molar-refractivity contribution in [3.05, 3.63) is 65.4 Å². The van der Waals surface area contributed by atoms with Crippen molar-refractivity contribution >= 4 is 35.8 Å². The summed E-state index contributed by atoms with van der Waals surface area (Å²) >= 11 is 0. The number of guanidine groups is 1. The van der Waals surface area contributed by atoms with Crippen LogP contribution in [0.5, 0.6) is 0 Å². The third-order valence-electron chi connectivity index (χ3n) is 6.58. The molecule has 3 aromatic rings. The zero-order chi connectivity index (χ0) is 24.4. The van der Waals surface area contributed by atoms with Crippen LogP contribution in [-0.2, 0) is 11.3 Å². The third-order valence-corrected chi connectivity index (χ3v) is 6.58. The van der Waals surface area contributed by atoms with Crippen molar-refractivity contribution in [2.45, 2.75) is 20.4 Å². The number of nitrogens with one attached hydrogen (secondary N) is 2. The standard InChI is InChI=1S/C27H30N6O2/c1-18-6-4-5-7-22(18)23-19(2)25(33-13-12-29-26(34)24(23)33)31-27(28-3)30-20-8-10-21(11-9-20)32-14-16-35-17-15-32/h4-11H,3,12-17H2,1-2H3,(H,29,34)(H,30,31). The van der Waals surface area contributed by atoms with E-state index in [1.165, 1.54) is 0 Å². The van der Waals surface area contributed by atoms with Gasteiger partial charge in [0.25, 0.3) is 5.91 Å². The number of carbonyl (C=O) groups is 1. The Bertz CT molecular complexity index is 1290. The average molecular weight is 471 g/mol. The van der Waals surface area contributed by atoms with Crippen LogP contribution < -0.4 is 15.5 Å². The number of amides is 1.